The highest BCUT2D eigenvalue weighted by Gasteiger charge is 2.25. The molecule has 0 aliphatic heterocycles. The van der Waals surface area contributed by atoms with Crippen molar-refractivity contribution >= 4 is 0 Å². The number of nitriles is 1. The molecule has 0 bridgehead atoms. The molecule has 0 N–H and O–H groups in total. The van der Waals surface area contributed by atoms with Gasteiger partial charge in [0.1, 0.15) is 6.07 Å². The summed E-state index contributed by atoms with van der Waals surface area (Å²) >= 11 is 0. The fourth-order valence-electron chi connectivity index (χ4n) is 5.74. The Kier molecular flexibility index (Phi) is 13.6. The highest BCUT2D eigenvalue weighted by atomic mass is 16.5. The minimum Gasteiger partial charge on any atom is -0.491 e. The third kappa shape index (κ3) is 10.1. The van der Waals surface area contributed by atoms with Crippen molar-refractivity contribution in [3.8, 4) is 11.8 Å². The summed E-state index contributed by atoms with van der Waals surface area (Å²) in [7, 11) is 0. The van der Waals surface area contributed by atoms with E-state index in [-0.39, 0.29) is 0 Å². The number of ether oxygens (including phenoxy) is 1. The predicted octanol–water partition coefficient (Wildman–Crippen LogP) is 10.0. The van der Waals surface area contributed by atoms with Crippen molar-refractivity contribution in [1.29, 1.82) is 5.26 Å². The SMILES string of the molecule is CCCCCCCCCOc1ccc(C2CCC(c3ccc(CCCCCCC)cc3)CC2)nc1C#N. The van der Waals surface area contributed by atoms with Crippen LogP contribution in [0.15, 0.2) is 36.4 Å². The van der Waals surface area contributed by atoms with E-state index in [9.17, 15) is 5.26 Å². The quantitative estimate of drug-likeness (QED) is 0.202. The van der Waals surface area contributed by atoms with Crippen LogP contribution >= 0.6 is 0 Å². The molecule has 0 spiro atoms. The Morgan fingerprint density at radius 1 is 0.730 bits per heavy atom. The Balaban J connectivity index is 1.41. The van der Waals surface area contributed by atoms with Gasteiger partial charge in [-0.3, -0.25) is 0 Å². The molecule has 0 radical (unpaired) electrons. The molecule has 0 atom stereocenters. The van der Waals surface area contributed by atoms with E-state index in [4.69, 9.17) is 9.72 Å². The highest BCUT2D eigenvalue weighted by molar-refractivity contribution is 5.39. The zero-order valence-corrected chi connectivity index (χ0v) is 23.6. The zero-order chi connectivity index (χ0) is 26.1. The number of benzene rings is 1. The molecule has 1 aromatic carbocycles. The van der Waals surface area contributed by atoms with Gasteiger partial charge in [0.05, 0.1) is 6.61 Å². The Hall–Kier alpha value is -2.34. The highest BCUT2D eigenvalue weighted by Crippen LogP contribution is 2.40. The molecular formula is C34H50N2O. The van der Waals surface area contributed by atoms with E-state index < -0.39 is 0 Å². The maximum absolute atomic E-state index is 9.68. The summed E-state index contributed by atoms with van der Waals surface area (Å²) in [5, 5.41) is 9.68. The first-order chi connectivity index (χ1) is 18.2. The molecule has 0 unspecified atom stereocenters. The molecule has 0 amide bonds. The van der Waals surface area contributed by atoms with Gasteiger partial charge in [-0.15, -0.1) is 0 Å². The molecule has 0 saturated heterocycles. The van der Waals surface area contributed by atoms with E-state index >= 15 is 0 Å². The molecule has 202 valence electrons. The Morgan fingerprint density at radius 2 is 1.32 bits per heavy atom. The standard InChI is InChI=1S/C34H50N2O/c1-3-5-7-9-10-12-14-26-37-34-25-24-32(36-33(34)27-35)31-22-20-30(21-23-31)29-18-16-28(17-19-29)15-13-11-8-6-4-2/h16-19,24-25,30-31H,3-15,20-23,26H2,1-2H3. The number of aromatic nitrogens is 1. The summed E-state index contributed by atoms with van der Waals surface area (Å²) in [6.07, 6.45) is 21.4. The largest absolute Gasteiger partial charge is 0.491 e. The second-order valence-electron chi connectivity index (χ2n) is 11.1. The lowest BCUT2D eigenvalue weighted by atomic mass is 9.77. The third-order valence-corrected chi connectivity index (χ3v) is 8.16. The van der Waals surface area contributed by atoms with Crippen molar-refractivity contribution in [1.82, 2.24) is 4.98 Å². The van der Waals surface area contributed by atoms with Crippen molar-refractivity contribution in [2.24, 2.45) is 0 Å². The van der Waals surface area contributed by atoms with Gasteiger partial charge >= 0.3 is 0 Å². The first kappa shape index (κ1) is 29.2. The van der Waals surface area contributed by atoms with Gasteiger partial charge in [0.15, 0.2) is 11.4 Å². The summed E-state index contributed by atoms with van der Waals surface area (Å²) in [6.45, 7) is 5.20. The van der Waals surface area contributed by atoms with Crippen LogP contribution in [0.25, 0.3) is 0 Å². The van der Waals surface area contributed by atoms with Gasteiger partial charge in [-0.25, -0.2) is 4.98 Å². The first-order valence-corrected chi connectivity index (χ1v) is 15.4. The molecule has 1 aliphatic carbocycles. The van der Waals surface area contributed by atoms with Crippen LogP contribution in [-0.2, 0) is 6.42 Å². The van der Waals surface area contributed by atoms with Crippen LogP contribution in [0, 0.1) is 11.3 Å². The fourth-order valence-corrected chi connectivity index (χ4v) is 5.74. The summed E-state index contributed by atoms with van der Waals surface area (Å²) in [6, 6.07) is 15.8. The number of nitrogens with zero attached hydrogens (tertiary/aromatic N) is 2. The van der Waals surface area contributed by atoms with Crippen molar-refractivity contribution < 1.29 is 4.74 Å². The first-order valence-electron chi connectivity index (χ1n) is 15.4. The molecule has 3 nitrogen and oxygen atoms in total. The van der Waals surface area contributed by atoms with Crippen molar-refractivity contribution in [3.05, 3.63) is 58.9 Å². The smallest absolute Gasteiger partial charge is 0.182 e. The molecule has 2 aromatic rings. The summed E-state index contributed by atoms with van der Waals surface area (Å²) in [5.74, 6) is 1.74. The average Bonchev–Trinajstić information content (AvgIpc) is 2.95. The van der Waals surface area contributed by atoms with E-state index in [0.717, 1.165) is 25.0 Å². The van der Waals surface area contributed by atoms with Crippen LogP contribution in [0.1, 0.15) is 151 Å². The average molecular weight is 503 g/mol. The number of hydrogen-bond acceptors (Lipinski definition) is 3. The van der Waals surface area contributed by atoms with Crippen LogP contribution in [0.3, 0.4) is 0 Å². The van der Waals surface area contributed by atoms with E-state index in [1.165, 1.54) is 101 Å². The molecule has 3 rings (SSSR count). The van der Waals surface area contributed by atoms with Gasteiger partial charge in [-0.2, -0.15) is 5.26 Å². The minimum absolute atomic E-state index is 0.447. The number of hydrogen-bond donors (Lipinski definition) is 0. The Morgan fingerprint density at radius 3 is 1.97 bits per heavy atom. The summed E-state index contributed by atoms with van der Waals surface area (Å²) < 4.78 is 5.94. The predicted molar refractivity (Wildman–Crippen MR) is 155 cm³/mol. The van der Waals surface area contributed by atoms with Crippen LogP contribution in [0.5, 0.6) is 5.75 Å². The topological polar surface area (TPSA) is 45.9 Å². The van der Waals surface area contributed by atoms with Gasteiger partial charge in [0.2, 0.25) is 0 Å². The lowest BCUT2D eigenvalue weighted by molar-refractivity contribution is 0.301. The number of rotatable bonds is 17. The maximum Gasteiger partial charge on any atom is 0.182 e. The zero-order valence-electron chi connectivity index (χ0n) is 23.6. The Bertz CT molecular complexity index is 922. The lowest BCUT2D eigenvalue weighted by Gasteiger charge is -2.28. The normalized spacial score (nSPS) is 17.4. The van der Waals surface area contributed by atoms with Gasteiger partial charge in [0.25, 0.3) is 0 Å². The van der Waals surface area contributed by atoms with Crippen LogP contribution < -0.4 is 4.74 Å². The molecule has 1 fully saturated rings. The Labute approximate surface area is 227 Å². The molecule has 1 aromatic heterocycles. The van der Waals surface area contributed by atoms with Crippen molar-refractivity contribution in [2.75, 3.05) is 6.61 Å². The van der Waals surface area contributed by atoms with E-state index in [0.29, 0.717) is 29.9 Å². The fraction of sp³-hybridized carbons (Fsp3) is 0.647. The number of pyridine rings is 1. The second kappa shape index (κ2) is 17.2. The van der Waals surface area contributed by atoms with Gasteiger partial charge in [-0.05, 0) is 74.1 Å². The van der Waals surface area contributed by atoms with Crippen molar-refractivity contribution in [3.63, 3.8) is 0 Å². The monoisotopic (exact) mass is 502 g/mol. The van der Waals surface area contributed by atoms with Crippen molar-refractivity contribution in [2.45, 2.75) is 135 Å². The van der Waals surface area contributed by atoms with Gasteiger partial charge < -0.3 is 4.74 Å². The lowest BCUT2D eigenvalue weighted by Crippen LogP contribution is -2.14. The minimum atomic E-state index is 0.447. The molecule has 1 aliphatic rings. The van der Waals surface area contributed by atoms with Crippen LogP contribution in [0.2, 0.25) is 0 Å². The van der Waals surface area contributed by atoms with E-state index in [1.54, 1.807) is 0 Å². The van der Waals surface area contributed by atoms with Crippen LogP contribution in [-0.4, -0.2) is 11.6 Å². The van der Waals surface area contributed by atoms with Crippen LogP contribution in [0.4, 0.5) is 0 Å². The molecule has 3 heteroatoms. The number of aryl methyl sites for hydroxylation is 1. The molecular weight excluding hydrogens is 452 g/mol. The summed E-state index contributed by atoms with van der Waals surface area (Å²) in [5.41, 5.74) is 4.49. The maximum atomic E-state index is 9.68. The molecule has 37 heavy (non-hydrogen) atoms. The van der Waals surface area contributed by atoms with E-state index in [2.05, 4.69) is 50.2 Å². The third-order valence-electron chi connectivity index (χ3n) is 8.16. The van der Waals surface area contributed by atoms with Gasteiger partial charge in [0, 0.05) is 11.6 Å². The van der Waals surface area contributed by atoms with Gasteiger partial charge in [-0.1, -0.05) is 102 Å². The van der Waals surface area contributed by atoms with E-state index in [1.807, 2.05) is 6.07 Å². The molecule has 1 saturated carbocycles. The number of unbranched alkanes of at least 4 members (excludes halogenated alkanes) is 10. The summed E-state index contributed by atoms with van der Waals surface area (Å²) in [4.78, 5) is 4.73. The molecule has 1 heterocycles. The second-order valence-corrected chi connectivity index (χ2v) is 11.1.